The van der Waals surface area contributed by atoms with E-state index >= 15 is 0 Å². The van der Waals surface area contributed by atoms with Gasteiger partial charge in [0, 0.05) is 12.4 Å². The lowest BCUT2D eigenvalue weighted by molar-refractivity contribution is 0.602. The molecule has 0 aromatic carbocycles. The normalized spacial score (nSPS) is 8.86. The van der Waals surface area contributed by atoms with Crippen molar-refractivity contribution in [1.82, 2.24) is 19.9 Å². The minimum absolute atomic E-state index is 0.163. The third-order valence-corrected chi connectivity index (χ3v) is 1.52. The summed E-state index contributed by atoms with van der Waals surface area (Å²) in [5, 5.41) is 0. The Morgan fingerprint density at radius 1 is 0.929 bits per heavy atom. The number of aromatic nitrogens is 4. The molecule has 0 fully saturated rings. The van der Waals surface area contributed by atoms with Crippen molar-refractivity contribution >= 4 is 14.0 Å². The average molecular weight is 206 g/mol. The minimum atomic E-state index is -0.163. The van der Waals surface area contributed by atoms with Gasteiger partial charge in [-0.25, -0.2) is 15.0 Å². The van der Waals surface area contributed by atoms with Gasteiger partial charge >= 0.3 is 0 Å². The van der Waals surface area contributed by atoms with Crippen LogP contribution in [-0.2, 0) is 4.57 Å². The van der Waals surface area contributed by atoms with Crippen molar-refractivity contribution in [2.75, 3.05) is 0 Å². The first kappa shape index (κ1) is 10.3. The molecule has 0 aliphatic carbocycles. The van der Waals surface area contributed by atoms with Gasteiger partial charge in [-0.3, -0.25) is 9.55 Å². The molecule has 0 N–H and O–H groups in total. The molecule has 0 atom stereocenters. The van der Waals surface area contributed by atoms with E-state index in [1.807, 2.05) is 18.2 Å². The summed E-state index contributed by atoms with van der Waals surface area (Å²) < 4.78 is 9.95. The lowest BCUT2D eigenvalue weighted by Gasteiger charge is -1.78. The van der Waals surface area contributed by atoms with Crippen LogP contribution in [0.15, 0.2) is 43.2 Å². The SMILES string of the molecule is O=Pc1ncncn1.c1ccncc1. The van der Waals surface area contributed by atoms with E-state index in [9.17, 15) is 4.57 Å². The molecule has 70 valence electrons. The standard InChI is InChI=1S/C5H5N.C3H2N3OP/c1-2-4-6-5-3-1;7-8-3-5-1-4-2-6-3/h1-5H;1-2H. The van der Waals surface area contributed by atoms with Crippen molar-refractivity contribution < 1.29 is 4.57 Å². The monoisotopic (exact) mass is 206 g/mol. The van der Waals surface area contributed by atoms with Crippen LogP contribution < -0.4 is 5.57 Å². The summed E-state index contributed by atoms with van der Waals surface area (Å²) in [5.74, 6) is 0. The van der Waals surface area contributed by atoms with Crippen LogP contribution in [0.4, 0.5) is 0 Å². The Hall–Kier alpha value is -1.74. The molecule has 0 aliphatic heterocycles. The highest BCUT2D eigenvalue weighted by atomic mass is 31.1. The molecule has 0 saturated heterocycles. The van der Waals surface area contributed by atoms with E-state index in [4.69, 9.17) is 0 Å². The lowest BCUT2D eigenvalue weighted by atomic mass is 10.5. The van der Waals surface area contributed by atoms with E-state index in [2.05, 4.69) is 19.9 Å². The first-order chi connectivity index (χ1) is 6.93. The van der Waals surface area contributed by atoms with E-state index in [0.717, 1.165) is 0 Å². The fourth-order valence-corrected chi connectivity index (χ4v) is 0.790. The van der Waals surface area contributed by atoms with Crippen molar-refractivity contribution in [2.45, 2.75) is 0 Å². The van der Waals surface area contributed by atoms with Crippen molar-refractivity contribution in [3.8, 4) is 0 Å². The summed E-state index contributed by atoms with van der Waals surface area (Å²) in [4.78, 5) is 14.4. The second-order valence-corrected chi connectivity index (χ2v) is 2.64. The molecular weight excluding hydrogens is 199 g/mol. The molecule has 5 nitrogen and oxygen atoms in total. The van der Waals surface area contributed by atoms with Crippen LogP contribution in [0, 0.1) is 0 Å². The third kappa shape index (κ3) is 4.33. The van der Waals surface area contributed by atoms with Gasteiger partial charge in [0.2, 0.25) is 14.0 Å². The summed E-state index contributed by atoms with van der Waals surface area (Å²) in [7, 11) is -0.163. The molecular formula is C8H7N4OP. The number of pyridine rings is 1. The van der Waals surface area contributed by atoms with Crippen LogP contribution in [-0.4, -0.2) is 19.9 Å². The van der Waals surface area contributed by atoms with Crippen LogP contribution in [0.25, 0.3) is 0 Å². The lowest BCUT2D eigenvalue weighted by Crippen LogP contribution is -2.02. The first-order valence-corrected chi connectivity index (χ1v) is 4.55. The van der Waals surface area contributed by atoms with Gasteiger partial charge in [-0.15, -0.1) is 0 Å². The van der Waals surface area contributed by atoms with Gasteiger partial charge in [0.15, 0.2) is 0 Å². The van der Waals surface area contributed by atoms with Gasteiger partial charge in [-0.05, 0) is 12.1 Å². The third-order valence-electron chi connectivity index (χ3n) is 1.13. The zero-order valence-electron chi connectivity index (χ0n) is 7.19. The molecule has 2 aromatic rings. The molecule has 14 heavy (non-hydrogen) atoms. The zero-order chi connectivity index (χ0) is 10.1. The summed E-state index contributed by atoms with van der Waals surface area (Å²) in [6.45, 7) is 0. The van der Waals surface area contributed by atoms with Gasteiger partial charge in [0.05, 0.1) is 0 Å². The maximum Gasteiger partial charge on any atom is 0.234 e. The summed E-state index contributed by atoms with van der Waals surface area (Å²) >= 11 is 0. The molecule has 2 rings (SSSR count). The van der Waals surface area contributed by atoms with Gasteiger partial charge < -0.3 is 0 Å². The molecule has 0 amide bonds. The van der Waals surface area contributed by atoms with Crippen LogP contribution in [0.3, 0.4) is 0 Å². The Morgan fingerprint density at radius 3 is 1.86 bits per heavy atom. The summed E-state index contributed by atoms with van der Waals surface area (Å²) in [6.07, 6.45) is 6.10. The van der Waals surface area contributed by atoms with Gasteiger partial charge in [0.1, 0.15) is 12.7 Å². The van der Waals surface area contributed by atoms with Crippen molar-refractivity contribution in [3.05, 3.63) is 43.2 Å². The van der Waals surface area contributed by atoms with E-state index in [0.29, 0.717) is 0 Å². The first-order valence-electron chi connectivity index (χ1n) is 3.74. The van der Waals surface area contributed by atoms with Crippen molar-refractivity contribution in [3.63, 3.8) is 0 Å². The van der Waals surface area contributed by atoms with Crippen LogP contribution in [0.2, 0.25) is 0 Å². The smallest absolute Gasteiger partial charge is 0.234 e. The topological polar surface area (TPSA) is 68.6 Å². The maximum atomic E-state index is 9.95. The highest BCUT2D eigenvalue weighted by Gasteiger charge is 1.86. The number of rotatable bonds is 1. The molecule has 0 saturated carbocycles. The summed E-state index contributed by atoms with van der Waals surface area (Å²) in [5.41, 5.74) is 0.264. The van der Waals surface area contributed by atoms with Crippen molar-refractivity contribution in [2.24, 2.45) is 0 Å². The van der Waals surface area contributed by atoms with Gasteiger partial charge in [0.25, 0.3) is 0 Å². The van der Waals surface area contributed by atoms with Gasteiger partial charge in [-0.1, -0.05) is 6.07 Å². The highest BCUT2D eigenvalue weighted by molar-refractivity contribution is 7.33. The van der Waals surface area contributed by atoms with E-state index in [1.165, 1.54) is 12.7 Å². The van der Waals surface area contributed by atoms with E-state index < -0.39 is 0 Å². The van der Waals surface area contributed by atoms with Crippen molar-refractivity contribution in [1.29, 1.82) is 0 Å². The molecule has 0 bridgehead atoms. The average Bonchev–Trinajstić information content (AvgIpc) is 2.33. The van der Waals surface area contributed by atoms with E-state index in [-0.39, 0.29) is 14.0 Å². The Morgan fingerprint density at radius 2 is 1.57 bits per heavy atom. The number of nitrogens with zero attached hydrogens (tertiary/aromatic N) is 4. The maximum absolute atomic E-state index is 9.95. The predicted octanol–water partition coefficient (Wildman–Crippen LogP) is 0.870. The molecule has 0 radical (unpaired) electrons. The van der Waals surface area contributed by atoms with Gasteiger partial charge in [-0.2, -0.15) is 0 Å². The number of hydrogen-bond acceptors (Lipinski definition) is 5. The predicted molar refractivity (Wildman–Crippen MR) is 51.3 cm³/mol. The molecule has 0 aliphatic rings. The van der Waals surface area contributed by atoms with Crippen LogP contribution >= 0.6 is 8.46 Å². The summed E-state index contributed by atoms with van der Waals surface area (Å²) in [6, 6.07) is 5.72. The quantitative estimate of drug-likeness (QED) is 0.647. The minimum Gasteiger partial charge on any atom is -0.266 e. The Labute approximate surface area is 82.5 Å². The van der Waals surface area contributed by atoms with Crippen LogP contribution in [0.1, 0.15) is 0 Å². The van der Waals surface area contributed by atoms with Crippen LogP contribution in [0.5, 0.6) is 0 Å². The fourth-order valence-electron chi connectivity index (χ4n) is 0.593. The molecule has 0 unspecified atom stereocenters. The molecule has 6 heteroatoms. The molecule has 0 spiro atoms. The molecule has 2 heterocycles. The number of hydrogen-bond donors (Lipinski definition) is 0. The Balaban J connectivity index is 0.000000146. The second-order valence-electron chi connectivity index (χ2n) is 2.05. The van der Waals surface area contributed by atoms with E-state index in [1.54, 1.807) is 12.4 Å². The molecule has 2 aromatic heterocycles. The Bertz CT molecular complexity index is 330. The second kappa shape index (κ2) is 6.74. The highest BCUT2D eigenvalue weighted by Crippen LogP contribution is 1.81. The fraction of sp³-hybridized carbons (Fsp3) is 0. The largest absolute Gasteiger partial charge is 0.266 e. The zero-order valence-corrected chi connectivity index (χ0v) is 8.08. The Kier molecular flexibility index (Phi) is 4.98.